The maximum Gasteiger partial charge on any atom is 0.296 e. The van der Waals surface area contributed by atoms with Crippen molar-refractivity contribution in [3.63, 3.8) is 0 Å². The Morgan fingerprint density at radius 1 is 1.02 bits per heavy atom. The summed E-state index contributed by atoms with van der Waals surface area (Å²) in [6.07, 6.45) is 0. The van der Waals surface area contributed by atoms with E-state index in [4.69, 9.17) is 41.8 Å². The molecule has 5 aromatic rings. The van der Waals surface area contributed by atoms with Crippen molar-refractivity contribution in [3.05, 3.63) is 98.9 Å². The first-order valence-electron chi connectivity index (χ1n) is 13.2. The smallest absolute Gasteiger partial charge is 0.296 e. The Labute approximate surface area is 275 Å². The first-order valence-corrected chi connectivity index (χ1v) is 15.8. The molecule has 0 saturated carbocycles. The number of fused-ring (bicyclic) bond motifs is 1. The fourth-order valence-corrected chi connectivity index (χ4v) is 7.40. The van der Waals surface area contributed by atoms with Crippen LogP contribution in [0.4, 0.5) is 5.13 Å². The summed E-state index contributed by atoms with van der Waals surface area (Å²) in [6, 6.07) is 16.0. The molecular weight excluding hydrogens is 661 g/mol. The summed E-state index contributed by atoms with van der Waals surface area (Å²) in [6.45, 7) is 0. The molecule has 0 radical (unpaired) electrons. The van der Waals surface area contributed by atoms with Crippen molar-refractivity contribution in [1.82, 2.24) is 10.2 Å². The molecule has 0 spiro atoms. The lowest BCUT2D eigenvalue weighted by molar-refractivity contribution is -0.117. The Morgan fingerprint density at radius 2 is 1.76 bits per heavy atom. The van der Waals surface area contributed by atoms with Gasteiger partial charge in [-0.3, -0.25) is 14.5 Å². The number of amides is 1. The van der Waals surface area contributed by atoms with Crippen molar-refractivity contribution in [1.29, 1.82) is 0 Å². The van der Waals surface area contributed by atoms with E-state index in [1.165, 1.54) is 38.0 Å². The van der Waals surface area contributed by atoms with Crippen LogP contribution >= 0.6 is 46.3 Å². The highest BCUT2D eigenvalue weighted by atomic mass is 35.5. The number of thioether (sulfide) groups is 1. The summed E-state index contributed by atoms with van der Waals surface area (Å²) < 4.78 is 22.9. The SMILES string of the molecule is COc1cc(C2C(C(=O)c3cc4ccccc4o3)=C(O)C(=O)N2c2nnc(SCc3ccc(Cl)cc3Cl)s2)cc(OC)c1OC. The number of aliphatic hydroxyl groups is 1. The number of rotatable bonds is 10. The quantitative estimate of drug-likeness (QED) is 0.0890. The molecule has 230 valence electrons. The van der Waals surface area contributed by atoms with E-state index in [-0.39, 0.29) is 28.0 Å². The number of hydrogen-bond donors (Lipinski definition) is 1. The minimum atomic E-state index is -1.15. The summed E-state index contributed by atoms with van der Waals surface area (Å²) in [7, 11) is 4.37. The summed E-state index contributed by atoms with van der Waals surface area (Å²) in [5.41, 5.74) is 1.51. The molecule has 2 aromatic heterocycles. The number of ketones is 1. The van der Waals surface area contributed by atoms with Crippen LogP contribution in [0.3, 0.4) is 0 Å². The van der Waals surface area contributed by atoms with Crippen LogP contribution in [0.15, 0.2) is 80.8 Å². The standard InChI is InChI=1S/C31H23Cl2N3O7S2/c1-40-22-11-17(12-23(41-2)28(22)42-3)25-24(26(37)21-10-15-6-4-5-7-20(15)43-21)27(38)29(39)36(25)30-34-35-31(45-30)44-14-16-8-9-18(32)13-19(16)33/h4-13,25,38H,14H2,1-3H3. The van der Waals surface area contributed by atoms with Crippen molar-refractivity contribution in [3.8, 4) is 17.2 Å². The van der Waals surface area contributed by atoms with Gasteiger partial charge in [-0.25, -0.2) is 0 Å². The number of methoxy groups -OCH3 is 3. The Morgan fingerprint density at radius 3 is 2.42 bits per heavy atom. The van der Waals surface area contributed by atoms with Crippen LogP contribution in [-0.4, -0.2) is 48.3 Å². The Bertz CT molecular complexity index is 1930. The van der Waals surface area contributed by atoms with Gasteiger partial charge in [0.05, 0.1) is 32.9 Å². The van der Waals surface area contributed by atoms with Crippen LogP contribution in [0.1, 0.15) is 27.7 Å². The van der Waals surface area contributed by atoms with E-state index >= 15 is 0 Å². The molecule has 0 bridgehead atoms. The van der Waals surface area contributed by atoms with Gasteiger partial charge in [0, 0.05) is 21.2 Å². The summed E-state index contributed by atoms with van der Waals surface area (Å²) in [4.78, 5) is 29.0. The number of hydrogen-bond acceptors (Lipinski definition) is 11. The summed E-state index contributed by atoms with van der Waals surface area (Å²) >= 11 is 14.8. The number of carbonyl (C=O) groups excluding carboxylic acids is 2. The third-order valence-electron chi connectivity index (χ3n) is 7.07. The van der Waals surface area contributed by atoms with Crippen molar-refractivity contribution >= 4 is 74.1 Å². The molecule has 45 heavy (non-hydrogen) atoms. The van der Waals surface area contributed by atoms with Gasteiger partial charge in [-0.05, 0) is 47.5 Å². The lowest BCUT2D eigenvalue weighted by Crippen LogP contribution is -2.31. The molecule has 1 N–H and O–H groups in total. The third-order valence-corrected chi connectivity index (χ3v) is 9.76. The van der Waals surface area contributed by atoms with Gasteiger partial charge in [0.2, 0.25) is 16.7 Å². The van der Waals surface area contributed by atoms with Crippen LogP contribution < -0.4 is 19.1 Å². The zero-order chi connectivity index (χ0) is 31.8. The fraction of sp³-hybridized carbons (Fsp3) is 0.161. The highest BCUT2D eigenvalue weighted by molar-refractivity contribution is 8.00. The van der Waals surface area contributed by atoms with Crippen LogP contribution in [0.5, 0.6) is 17.2 Å². The van der Waals surface area contributed by atoms with E-state index in [2.05, 4.69) is 10.2 Å². The molecule has 0 aliphatic carbocycles. The zero-order valence-electron chi connectivity index (χ0n) is 23.9. The highest BCUT2D eigenvalue weighted by Crippen LogP contribution is 2.48. The molecule has 14 heteroatoms. The van der Waals surface area contributed by atoms with Gasteiger partial charge in [0.15, 0.2) is 27.4 Å². The summed E-state index contributed by atoms with van der Waals surface area (Å²) in [5.74, 6) is -0.933. The number of aromatic nitrogens is 2. The number of aliphatic hydroxyl groups excluding tert-OH is 1. The van der Waals surface area contributed by atoms with Crippen LogP contribution in [0.2, 0.25) is 10.0 Å². The molecule has 1 atom stereocenters. The van der Waals surface area contributed by atoms with Gasteiger partial charge >= 0.3 is 0 Å². The molecule has 1 amide bonds. The first-order chi connectivity index (χ1) is 21.7. The van der Waals surface area contributed by atoms with E-state index in [1.807, 2.05) is 12.1 Å². The molecule has 1 aliphatic heterocycles. The fourth-order valence-electron chi connectivity index (χ4n) is 4.97. The van der Waals surface area contributed by atoms with E-state index in [0.717, 1.165) is 16.9 Å². The second-order valence-electron chi connectivity index (χ2n) is 9.65. The molecule has 3 heterocycles. The molecule has 3 aromatic carbocycles. The molecule has 6 rings (SSSR count). The topological polar surface area (TPSA) is 124 Å². The predicted molar refractivity (Wildman–Crippen MR) is 172 cm³/mol. The van der Waals surface area contributed by atoms with E-state index in [9.17, 15) is 14.7 Å². The van der Waals surface area contributed by atoms with Crippen LogP contribution in [0.25, 0.3) is 11.0 Å². The average molecular weight is 685 g/mol. The number of Topliss-reactive ketones (excluding diaryl/α,β-unsaturated/α-hetero) is 1. The van der Waals surface area contributed by atoms with Gasteiger partial charge in [-0.15, -0.1) is 10.2 Å². The van der Waals surface area contributed by atoms with Crippen molar-refractivity contribution in [2.24, 2.45) is 0 Å². The molecule has 1 unspecified atom stereocenters. The maximum atomic E-state index is 14.0. The monoisotopic (exact) mass is 683 g/mol. The van der Waals surface area contributed by atoms with Crippen molar-refractivity contribution in [2.75, 3.05) is 26.2 Å². The number of carbonyl (C=O) groups is 2. The van der Waals surface area contributed by atoms with Gasteiger partial charge in [0.25, 0.3) is 5.91 Å². The van der Waals surface area contributed by atoms with Crippen molar-refractivity contribution in [2.45, 2.75) is 16.1 Å². The number of ether oxygens (including phenoxy) is 3. The minimum absolute atomic E-state index is 0.0433. The highest BCUT2D eigenvalue weighted by Gasteiger charge is 2.47. The number of furan rings is 1. The number of halogens is 2. The lowest BCUT2D eigenvalue weighted by Gasteiger charge is -2.25. The van der Waals surface area contributed by atoms with Crippen LogP contribution in [-0.2, 0) is 10.5 Å². The van der Waals surface area contributed by atoms with E-state index < -0.39 is 23.5 Å². The van der Waals surface area contributed by atoms with Crippen molar-refractivity contribution < 1.29 is 33.3 Å². The van der Waals surface area contributed by atoms with E-state index in [1.54, 1.807) is 48.5 Å². The van der Waals surface area contributed by atoms with Crippen LogP contribution in [0, 0.1) is 0 Å². The number of benzene rings is 3. The molecule has 1 aliphatic rings. The normalized spacial score (nSPS) is 14.8. The minimum Gasteiger partial charge on any atom is -0.503 e. The Kier molecular flexibility index (Phi) is 8.65. The number of para-hydroxylation sites is 1. The molecule has 10 nitrogen and oxygen atoms in total. The first kappa shape index (κ1) is 30.8. The number of nitrogens with zero attached hydrogens (tertiary/aromatic N) is 3. The second-order valence-corrected chi connectivity index (χ2v) is 12.7. The average Bonchev–Trinajstić information content (AvgIpc) is 3.76. The second kappa shape index (κ2) is 12.6. The van der Waals surface area contributed by atoms with E-state index in [0.29, 0.717) is 42.4 Å². The third kappa shape index (κ3) is 5.70. The molecule has 0 fully saturated rings. The predicted octanol–water partition coefficient (Wildman–Crippen LogP) is 7.69. The lowest BCUT2D eigenvalue weighted by atomic mass is 9.94. The molecule has 0 saturated heterocycles. The number of anilines is 1. The van der Waals surface area contributed by atoms with Gasteiger partial charge in [0.1, 0.15) is 5.58 Å². The largest absolute Gasteiger partial charge is 0.503 e. The Hall–Kier alpha value is -4.23. The molecular formula is C31H23Cl2N3O7S2. The van der Waals surface area contributed by atoms with Gasteiger partial charge < -0.3 is 23.7 Å². The maximum absolute atomic E-state index is 14.0. The zero-order valence-corrected chi connectivity index (χ0v) is 27.0. The summed E-state index contributed by atoms with van der Waals surface area (Å²) in [5, 5.41) is 21.7. The van der Waals surface area contributed by atoms with Gasteiger partial charge in [-0.2, -0.15) is 0 Å². The van der Waals surface area contributed by atoms with Gasteiger partial charge in [-0.1, -0.05) is 70.6 Å². The Balaban J connectivity index is 1.42.